The van der Waals surface area contributed by atoms with Gasteiger partial charge in [0.25, 0.3) is 0 Å². The molecule has 0 radical (unpaired) electrons. The molecule has 1 nitrogen and oxygen atoms in total. The van der Waals surface area contributed by atoms with Crippen LogP contribution in [-0.2, 0) is 4.74 Å². The SMILES string of the molecule is CC(C)=CCCC(C)(C)C1CO1. The number of epoxide rings is 1. The molecule has 0 N–H and O–H groups in total. The third-order valence-corrected chi connectivity index (χ3v) is 2.55. The molecule has 1 aliphatic rings. The largest absolute Gasteiger partial charge is 0.373 e. The number of hydrogen-bond donors (Lipinski definition) is 0. The summed E-state index contributed by atoms with van der Waals surface area (Å²) in [4.78, 5) is 0. The summed E-state index contributed by atoms with van der Waals surface area (Å²) in [6, 6.07) is 0. The third kappa shape index (κ3) is 2.98. The van der Waals surface area contributed by atoms with Crippen LogP contribution in [0.4, 0.5) is 0 Å². The van der Waals surface area contributed by atoms with E-state index in [1.54, 1.807) is 0 Å². The Hall–Kier alpha value is -0.300. The molecule has 0 aromatic heterocycles. The quantitative estimate of drug-likeness (QED) is 0.464. The lowest BCUT2D eigenvalue weighted by atomic mass is 9.84. The molecule has 0 aliphatic carbocycles. The fourth-order valence-electron chi connectivity index (χ4n) is 1.39. The van der Waals surface area contributed by atoms with E-state index in [0.29, 0.717) is 11.5 Å². The number of rotatable bonds is 4. The molecule has 1 rings (SSSR count). The van der Waals surface area contributed by atoms with Gasteiger partial charge in [-0.3, -0.25) is 0 Å². The van der Waals surface area contributed by atoms with Crippen molar-refractivity contribution < 1.29 is 4.74 Å². The van der Waals surface area contributed by atoms with Crippen LogP contribution in [0.25, 0.3) is 0 Å². The van der Waals surface area contributed by atoms with Crippen LogP contribution in [-0.4, -0.2) is 12.7 Å². The number of hydrogen-bond acceptors (Lipinski definition) is 1. The molecule has 1 atom stereocenters. The molecule has 12 heavy (non-hydrogen) atoms. The minimum absolute atomic E-state index is 0.381. The second kappa shape index (κ2) is 3.61. The van der Waals surface area contributed by atoms with Gasteiger partial charge in [0.1, 0.15) is 0 Å². The zero-order valence-corrected chi connectivity index (χ0v) is 8.68. The standard InChI is InChI=1S/C11H20O/c1-9(2)6-5-7-11(3,4)10-8-12-10/h6,10H,5,7-8H2,1-4H3. The summed E-state index contributed by atoms with van der Waals surface area (Å²) in [5, 5.41) is 0. The van der Waals surface area contributed by atoms with E-state index in [2.05, 4.69) is 33.8 Å². The highest BCUT2D eigenvalue weighted by Crippen LogP contribution is 2.36. The van der Waals surface area contributed by atoms with Gasteiger partial charge in [0.05, 0.1) is 12.7 Å². The summed E-state index contributed by atoms with van der Waals surface area (Å²) in [7, 11) is 0. The van der Waals surface area contributed by atoms with E-state index in [0.717, 1.165) is 6.61 Å². The van der Waals surface area contributed by atoms with Gasteiger partial charge in [-0.2, -0.15) is 0 Å². The molecule has 1 saturated heterocycles. The molecule has 0 bridgehead atoms. The van der Waals surface area contributed by atoms with Gasteiger partial charge in [0.15, 0.2) is 0 Å². The predicted molar refractivity (Wildman–Crippen MR) is 52.2 cm³/mol. The van der Waals surface area contributed by atoms with Crippen molar-refractivity contribution in [3.8, 4) is 0 Å². The lowest BCUT2D eigenvalue weighted by Crippen LogP contribution is -2.18. The van der Waals surface area contributed by atoms with Crippen LogP contribution in [0.2, 0.25) is 0 Å². The molecule has 1 heterocycles. The van der Waals surface area contributed by atoms with Gasteiger partial charge < -0.3 is 4.74 Å². The van der Waals surface area contributed by atoms with Crippen molar-refractivity contribution in [3.05, 3.63) is 11.6 Å². The lowest BCUT2D eigenvalue weighted by Gasteiger charge is -2.20. The van der Waals surface area contributed by atoms with Crippen LogP contribution in [0.3, 0.4) is 0 Å². The Bertz CT molecular complexity index is 171. The average molecular weight is 168 g/mol. The summed E-state index contributed by atoms with van der Waals surface area (Å²) < 4.78 is 5.31. The Balaban J connectivity index is 2.25. The first-order valence-corrected chi connectivity index (χ1v) is 4.77. The molecule has 1 heteroatoms. The zero-order chi connectivity index (χ0) is 9.19. The van der Waals surface area contributed by atoms with Crippen molar-refractivity contribution in [1.29, 1.82) is 0 Å². The van der Waals surface area contributed by atoms with Crippen LogP contribution >= 0.6 is 0 Å². The lowest BCUT2D eigenvalue weighted by molar-refractivity contribution is 0.228. The van der Waals surface area contributed by atoms with Crippen molar-refractivity contribution in [2.24, 2.45) is 5.41 Å². The van der Waals surface area contributed by atoms with Crippen LogP contribution < -0.4 is 0 Å². The van der Waals surface area contributed by atoms with Crippen molar-refractivity contribution in [3.63, 3.8) is 0 Å². The molecular weight excluding hydrogens is 148 g/mol. The Morgan fingerprint density at radius 1 is 1.50 bits per heavy atom. The Kier molecular flexibility index (Phi) is 2.94. The first-order chi connectivity index (χ1) is 5.52. The van der Waals surface area contributed by atoms with Gasteiger partial charge in [-0.1, -0.05) is 25.5 Å². The highest BCUT2D eigenvalue weighted by Gasteiger charge is 2.38. The number of ether oxygens (including phenoxy) is 1. The Labute approximate surface area is 75.8 Å². The molecule has 70 valence electrons. The topological polar surface area (TPSA) is 12.5 Å². The summed E-state index contributed by atoms with van der Waals surface area (Å²) >= 11 is 0. The van der Waals surface area contributed by atoms with Gasteiger partial charge in [-0.15, -0.1) is 0 Å². The summed E-state index contributed by atoms with van der Waals surface area (Å²) in [5.41, 5.74) is 1.80. The highest BCUT2D eigenvalue weighted by atomic mass is 16.6. The first-order valence-electron chi connectivity index (χ1n) is 4.77. The first kappa shape index (κ1) is 9.79. The molecule has 1 fully saturated rings. The smallest absolute Gasteiger partial charge is 0.0860 e. The normalized spacial score (nSPS) is 22.2. The highest BCUT2D eigenvalue weighted by molar-refractivity contribution is 4.95. The van der Waals surface area contributed by atoms with E-state index in [1.165, 1.54) is 18.4 Å². The van der Waals surface area contributed by atoms with E-state index < -0.39 is 0 Å². The monoisotopic (exact) mass is 168 g/mol. The maximum Gasteiger partial charge on any atom is 0.0860 e. The van der Waals surface area contributed by atoms with Crippen LogP contribution in [0.15, 0.2) is 11.6 Å². The molecule has 0 saturated carbocycles. The molecule has 1 unspecified atom stereocenters. The second-order valence-electron chi connectivity index (χ2n) is 4.63. The predicted octanol–water partition coefficient (Wildman–Crippen LogP) is 3.16. The second-order valence-corrected chi connectivity index (χ2v) is 4.63. The van der Waals surface area contributed by atoms with E-state index in [1.807, 2.05) is 0 Å². The number of allylic oxidation sites excluding steroid dienone is 2. The van der Waals surface area contributed by atoms with Gasteiger partial charge in [-0.05, 0) is 32.1 Å². The summed E-state index contributed by atoms with van der Waals surface area (Å²) in [6.45, 7) is 9.87. The van der Waals surface area contributed by atoms with Crippen LogP contribution in [0, 0.1) is 5.41 Å². The van der Waals surface area contributed by atoms with E-state index in [-0.39, 0.29) is 0 Å². The maximum atomic E-state index is 5.31. The van der Waals surface area contributed by atoms with Gasteiger partial charge in [0.2, 0.25) is 0 Å². The molecular formula is C11H20O. The molecule has 0 spiro atoms. The molecule has 0 aromatic rings. The summed E-state index contributed by atoms with van der Waals surface area (Å²) in [5.74, 6) is 0. The average Bonchev–Trinajstić information content (AvgIpc) is 2.65. The van der Waals surface area contributed by atoms with Crippen molar-refractivity contribution in [2.45, 2.75) is 46.6 Å². The minimum atomic E-state index is 0.381. The molecule has 1 aliphatic heterocycles. The van der Waals surface area contributed by atoms with Gasteiger partial charge in [0, 0.05) is 0 Å². The van der Waals surface area contributed by atoms with Crippen molar-refractivity contribution in [1.82, 2.24) is 0 Å². The van der Waals surface area contributed by atoms with E-state index in [4.69, 9.17) is 4.74 Å². The minimum Gasteiger partial charge on any atom is -0.373 e. The van der Waals surface area contributed by atoms with Gasteiger partial charge in [-0.25, -0.2) is 0 Å². The van der Waals surface area contributed by atoms with Crippen LogP contribution in [0.1, 0.15) is 40.5 Å². The third-order valence-electron chi connectivity index (χ3n) is 2.55. The fraction of sp³-hybridized carbons (Fsp3) is 0.818. The molecule has 0 amide bonds. The van der Waals surface area contributed by atoms with Crippen LogP contribution in [0.5, 0.6) is 0 Å². The maximum absolute atomic E-state index is 5.31. The Morgan fingerprint density at radius 2 is 2.08 bits per heavy atom. The van der Waals surface area contributed by atoms with Gasteiger partial charge >= 0.3 is 0 Å². The van der Waals surface area contributed by atoms with Crippen molar-refractivity contribution in [2.75, 3.05) is 6.61 Å². The Morgan fingerprint density at radius 3 is 2.50 bits per heavy atom. The summed E-state index contributed by atoms with van der Waals surface area (Å²) in [6.07, 6.45) is 5.27. The van der Waals surface area contributed by atoms with Crippen molar-refractivity contribution >= 4 is 0 Å². The van der Waals surface area contributed by atoms with E-state index in [9.17, 15) is 0 Å². The zero-order valence-electron chi connectivity index (χ0n) is 8.68. The fourth-order valence-corrected chi connectivity index (χ4v) is 1.39. The molecule has 0 aromatic carbocycles. The van der Waals surface area contributed by atoms with E-state index >= 15 is 0 Å².